The molecular weight excluding hydrogens is 219 g/mol. The number of ether oxygens (including phenoxy) is 1. The molecule has 0 aliphatic heterocycles. The molecule has 86 valence electrons. The molecule has 2 nitrogen and oxygen atoms in total. The minimum Gasteiger partial charge on any atom is -0.494 e. The molecule has 16 heavy (non-hydrogen) atoms. The fourth-order valence-electron chi connectivity index (χ4n) is 1.09. The highest BCUT2D eigenvalue weighted by molar-refractivity contribution is 5.34. The third-order valence-electron chi connectivity index (χ3n) is 1.86. The summed E-state index contributed by atoms with van der Waals surface area (Å²) in [6.45, 7) is 0.0193. The van der Waals surface area contributed by atoms with Crippen LogP contribution in [-0.2, 0) is 0 Å². The van der Waals surface area contributed by atoms with Crippen molar-refractivity contribution in [3.63, 3.8) is 0 Å². The fraction of sp³-hybridized carbons (Fsp3) is 0.364. The second kappa shape index (κ2) is 5.40. The number of nitriles is 1. The van der Waals surface area contributed by atoms with E-state index in [2.05, 4.69) is 0 Å². The Hall–Kier alpha value is -1.70. The first-order valence-electron chi connectivity index (χ1n) is 4.71. The SMILES string of the molecule is N#Cc1ccc(OCCCC(F)(F)F)cc1. The molecule has 1 rings (SSSR count). The van der Waals surface area contributed by atoms with E-state index in [0.717, 1.165) is 0 Å². The van der Waals surface area contributed by atoms with Crippen molar-refractivity contribution in [1.82, 2.24) is 0 Å². The summed E-state index contributed by atoms with van der Waals surface area (Å²) < 4.78 is 40.5. The van der Waals surface area contributed by atoms with Gasteiger partial charge in [0.05, 0.1) is 18.2 Å². The molecule has 0 heterocycles. The van der Waals surface area contributed by atoms with Gasteiger partial charge in [0.25, 0.3) is 0 Å². The summed E-state index contributed by atoms with van der Waals surface area (Å²) in [6, 6.07) is 8.17. The van der Waals surface area contributed by atoms with Crippen LogP contribution in [0.1, 0.15) is 18.4 Å². The summed E-state index contributed by atoms with van der Waals surface area (Å²) in [4.78, 5) is 0. The van der Waals surface area contributed by atoms with Crippen molar-refractivity contribution in [2.45, 2.75) is 19.0 Å². The van der Waals surface area contributed by atoms with Crippen molar-refractivity contribution in [3.8, 4) is 11.8 Å². The van der Waals surface area contributed by atoms with Gasteiger partial charge in [-0.1, -0.05) is 0 Å². The smallest absolute Gasteiger partial charge is 0.389 e. The highest BCUT2D eigenvalue weighted by Gasteiger charge is 2.25. The van der Waals surface area contributed by atoms with E-state index >= 15 is 0 Å². The lowest BCUT2D eigenvalue weighted by atomic mass is 10.2. The van der Waals surface area contributed by atoms with Gasteiger partial charge >= 0.3 is 6.18 Å². The second-order valence-corrected chi connectivity index (χ2v) is 3.20. The third kappa shape index (κ3) is 4.69. The van der Waals surface area contributed by atoms with Gasteiger partial charge in [0, 0.05) is 6.42 Å². The van der Waals surface area contributed by atoms with Gasteiger partial charge in [-0.15, -0.1) is 0 Å². The molecule has 5 heteroatoms. The van der Waals surface area contributed by atoms with Crippen molar-refractivity contribution < 1.29 is 17.9 Å². The number of halogens is 3. The molecule has 0 atom stereocenters. The van der Waals surface area contributed by atoms with E-state index in [4.69, 9.17) is 10.00 Å². The zero-order valence-corrected chi connectivity index (χ0v) is 8.42. The van der Waals surface area contributed by atoms with Gasteiger partial charge in [0.15, 0.2) is 0 Å². The van der Waals surface area contributed by atoms with Crippen molar-refractivity contribution in [1.29, 1.82) is 5.26 Å². The van der Waals surface area contributed by atoms with Gasteiger partial charge in [-0.3, -0.25) is 0 Å². The molecule has 1 aromatic carbocycles. The molecule has 0 aliphatic rings. The first-order chi connectivity index (χ1) is 7.51. The van der Waals surface area contributed by atoms with Crippen LogP contribution in [0.25, 0.3) is 0 Å². The lowest BCUT2D eigenvalue weighted by Gasteiger charge is -2.07. The topological polar surface area (TPSA) is 33.0 Å². The number of hydrogen-bond donors (Lipinski definition) is 0. The summed E-state index contributed by atoms with van der Waals surface area (Å²) in [5.74, 6) is 0.473. The zero-order chi connectivity index (χ0) is 12.0. The molecule has 0 amide bonds. The van der Waals surface area contributed by atoms with E-state index in [1.807, 2.05) is 6.07 Å². The summed E-state index contributed by atoms with van der Waals surface area (Å²) in [6.07, 6.45) is -5.04. The number of nitrogens with zero attached hydrogens (tertiary/aromatic N) is 1. The van der Waals surface area contributed by atoms with Gasteiger partial charge in [-0.2, -0.15) is 18.4 Å². The van der Waals surface area contributed by atoms with Crippen LogP contribution in [-0.4, -0.2) is 12.8 Å². The quantitative estimate of drug-likeness (QED) is 0.742. The Morgan fingerprint density at radius 3 is 2.31 bits per heavy atom. The maximum Gasteiger partial charge on any atom is 0.389 e. The Bertz CT molecular complexity index is 364. The molecule has 0 saturated heterocycles. The van der Waals surface area contributed by atoms with E-state index in [0.29, 0.717) is 11.3 Å². The van der Waals surface area contributed by atoms with Crippen LogP contribution in [0.15, 0.2) is 24.3 Å². The first kappa shape index (κ1) is 12.4. The molecule has 0 aromatic heterocycles. The Morgan fingerprint density at radius 1 is 1.19 bits per heavy atom. The fourth-order valence-corrected chi connectivity index (χ4v) is 1.09. The molecule has 0 spiro atoms. The molecule has 0 bridgehead atoms. The zero-order valence-electron chi connectivity index (χ0n) is 8.42. The van der Waals surface area contributed by atoms with E-state index < -0.39 is 12.6 Å². The van der Waals surface area contributed by atoms with E-state index in [1.165, 1.54) is 0 Å². The Morgan fingerprint density at radius 2 is 1.81 bits per heavy atom. The predicted molar refractivity (Wildman–Crippen MR) is 51.9 cm³/mol. The van der Waals surface area contributed by atoms with Crippen molar-refractivity contribution in [2.75, 3.05) is 6.61 Å². The maximum atomic E-state index is 11.8. The predicted octanol–water partition coefficient (Wildman–Crippen LogP) is 3.28. The highest BCUT2D eigenvalue weighted by Crippen LogP contribution is 2.21. The molecule has 0 fully saturated rings. The molecule has 0 saturated carbocycles. The maximum absolute atomic E-state index is 11.8. The van der Waals surface area contributed by atoms with Crippen LogP contribution in [0.3, 0.4) is 0 Å². The molecular formula is C11H10F3NO. The first-order valence-corrected chi connectivity index (χ1v) is 4.71. The normalized spacial score (nSPS) is 10.9. The van der Waals surface area contributed by atoms with Gasteiger partial charge in [-0.05, 0) is 30.7 Å². The summed E-state index contributed by atoms with van der Waals surface area (Å²) >= 11 is 0. The van der Waals surface area contributed by atoms with Gasteiger partial charge < -0.3 is 4.74 Å². The van der Waals surface area contributed by atoms with Crippen molar-refractivity contribution in [2.24, 2.45) is 0 Å². The summed E-state index contributed by atoms with van der Waals surface area (Å²) in [5, 5.41) is 8.52. The third-order valence-corrected chi connectivity index (χ3v) is 1.86. The Labute approximate surface area is 91.3 Å². The van der Waals surface area contributed by atoms with Gasteiger partial charge in [-0.25, -0.2) is 0 Å². The highest BCUT2D eigenvalue weighted by atomic mass is 19.4. The van der Waals surface area contributed by atoms with Crippen LogP contribution in [0.4, 0.5) is 13.2 Å². The van der Waals surface area contributed by atoms with Crippen LogP contribution < -0.4 is 4.74 Å². The van der Waals surface area contributed by atoms with Gasteiger partial charge in [0.1, 0.15) is 5.75 Å². The molecule has 1 aromatic rings. The molecule has 0 N–H and O–H groups in total. The number of benzene rings is 1. The number of hydrogen-bond acceptors (Lipinski definition) is 2. The second-order valence-electron chi connectivity index (χ2n) is 3.20. The Kier molecular flexibility index (Phi) is 4.18. The van der Waals surface area contributed by atoms with Crippen molar-refractivity contribution in [3.05, 3.63) is 29.8 Å². The van der Waals surface area contributed by atoms with E-state index in [-0.39, 0.29) is 13.0 Å². The van der Waals surface area contributed by atoms with Gasteiger partial charge in [0.2, 0.25) is 0 Å². The summed E-state index contributed by atoms with van der Waals surface area (Å²) in [7, 11) is 0. The van der Waals surface area contributed by atoms with Crippen LogP contribution in [0.2, 0.25) is 0 Å². The monoisotopic (exact) mass is 229 g/mol. The van der Waals surface area contributed by atoms with Crippen LogP contribution in [0.5, 0.6) is 5.75 Å². The average Bonchev–Trinajstić information content (AvgIpc) is 2.24. The molecule has 0 unspecified atom stereocenters. The molecule has 0 aliphatic carbocycles. The average molecular weight is 229 g/mol. The number of alkyl halides is 3. The minimum absolute atomic E-state index is 0.0193. The summed E-state index contributed by atoms with van der Waals surface area (Å²) in [5.41, 5.74) is 0.489. The van der Waals surface area contributed by atoms with Crippen molar-refractivity contribution >= 4 is 0 Å². The van der Waals surface area contributed by atoms with E-state index in [1.54, 1.807) is 24.3 Å². The van der Waals surface area contributed by atoms with E-state index in [9.17, 15) is 13.2 Å². The molecule has 0 radical (unpaired) electrons. The largest absolute Gasteiger partial charge is 0.494 e. The standard InChI is InChI=1S/C11H10F3NO/c12-11(13,14)6-1-7-16-10-4-2-9(8-15)3-5-10/h2-5H,1,6-7H2. The lowest BCUT2D eigenvalue weighted by molar-refractivity contribution is -0.136. The minimum atomic E-state index is -4.13. The number of rotatable bonds is 4. The van der Waals surface area contributed by atoms with Crippen LogP contribution in [0, 0.1) is 11.3 Å². The Balaban J connectivity index is 2.30. The van der Waals surface area contributed by atoms with Crippen LogP contribution >= 0.6 is 0 Å². The lowest BCUT2D eigenvalue weighted by Crippen LogP contribution is -2.09.